The number of Topliss-reactive ketones (excluding diaryl/α,β-unsaturated/α-hetero) is 1. The van der Waals surface area contributed by atoms with Crippen LogP contribution in [0.4, 0.5) is 8.78 Å². The number of carbonyl (C=O) groups is 1. The first kappa shape index (κ1) is 128. The summed E-state index contributed by atoms with van der Waals surface area (Å²) >= 11 is 0. The van der Waals surface area contributed by atoms with E-state index in [0.29, 0.717) is 95.7 Å². The molecule has 12 saturated heterocycles. The number of β-amino-alcohol motifs (C(OH)–C–C–N with tert-alkyl or cyclic N) is 2. The molecule has 131 heavy (non-hydrogen) atoms. The first-order valence-electron chi connectivity index (χ1n) is 52.7. The van der Waals surface area contributed by atoms with Gasteiger partial charge in [0.05, 0.1) is 31.0 Å². The van der Waals surface area contributed by atoms with Gasteiger partial charge in [-0.25, -0.2) is 8.78 Å². The van der Waals surface area contributed by atoms with Crippen molar-refractivity contribution in [1.29, 1.82) is 0 Å². The van der Waals surface area contributed by atoms with Crippen molar-refractivity contribution < 1.29 is 33.6 Å². The molecule has 0 saturated carbocycles. The molecule has 3 N–H and O–H groups in total. The van der Waals surface area contributed by atoms with Crippen molar-refractivity contribution in [2.45, 2.75) is 509 Å². The van der Waals surface area contributed by atoms with E-state index < -0.39 is 16.9 Å². The molecule has 13 aliphatic rings. The van der Waals surface area contributed by atoms with Crippen LogP contribution in [0.5, 0.6) is 0 Å². The van der Waals surface area contributed by atoms with E-state index in [0.717, 1.165) is 135 Å². The van der Waals surface area contributed by atoms with Crippen LogP contribution in [0.1, 0.15) is 401 Å². The molecule has 13 aliphatic heterocycles. The zero-order chi connectivity index (χ0) is 102. The molecule has 0 amide bonds. The Labute approximate surface area is 814 Å². The van der Waals surface area contributed by atoms with E-state index in [4.69, 9.17) is 9.84 Å². The lowest BCUT2D eigenvalue weighted by atomic mass is 9.90. The summed E-state index contributed by atoms with van der Waals surface area (Å²) < 4.78 is 31.9. The van der Waals surface area contributed by atoms with Gasteiger partial charge in [0.25, 0.3) is 0 Å². The van der Waals surface area contributed by atoms with E-state index in [1.807, 2.05) is 6.92 Å². The largest absolute Gasteiger partial charge is 0.395 e. The van der Waals surface area contributed by atoms with E-state index in [1.54, 1.807) is 21.0 Å². The van der Waals surface area contributed by atoms with Crippen molar-refractivity contribution in [3.05, 3.63) is 12.2 Å². The number of piperidine rings is 3. The Morgan fingerprint density at radius 1 is 0.336 bits per heavy atom. The summed E-state index contributed by atoms with van der Waals surface area (Å²) in [5.74, 6) is 3.16. The van der Waals surface area contributed by atoms with Crippen LogP contribution in [-0.2, 0) is 9.53 Å². The highest BCUT2D eigenvalue weighted by Crippen LogP contribution is 2.35. The summed E-state index contributed by atoms with van der Waals surface area (Å²) in [5, 5.41) is 27.9. The maximum atomic E-state index is 13.4. The third-order valence-corrected chi connectivity index (χ3v) is 28.6. The first-order chi connectivity index (χ1) is 58.8. The molecule has 20 heteroatoms. The van der Waals surface area contributed by atoms with Crippen LogP contribution in [0, 0.1) is 17.8 Å². The van der Waals surface area contributed by atoms with Crippen molar-refractivity contribution in [2.75, 3.05) is 177 Å². The Kier molecular flexibility index (Phi) is 52.2. The lowest BCUT2D eigenvalue weighted by Crippen LogP contribution is -2.65. The number of aliphatic hydroxyl groups excluding tert-OH is 2. The standard InChI is InChI=1S/C10H20FN.C9H18FN.2C9H19NO.C9H17NO.2C9H19N.2C8H17NO.2C8H17N.C8H15N.C7H15N/c1-9(2,3)12-7-5-10(4,11)6-8-12;1-8(2,3)11-6-5-9(4,10)7-11;1-9(2,3)10-6-4-5-8(10)7-11;2*1-9(2,3)10-6-4-5-8(11)7-10;2*1-8-5-6-10(7-8)9(2,3)4;1-8(2,3)9-5-7(6-9)10-4;1-7(2,3)9-5-8(4,10)6-9;1-7-5-9(6-7)8(2,3)4;2*1-8(2,3)9-6-4-5-7-9;1-7(2,3)8-5-4-6-8/h5-8H2,1-4H3;5-7H2,1-4H3;2*8,11H,4-7H2,1-3H3;4-7H2,1-3H3;2*8H,5-7H2,1-4H3;7H,5-6H2,1-4H3;10H,5-6H2,1-4H3;7H,5-6H2,1-4H3;4-7H2,1-3H3;4-5H,6-7H2,1-3H3;4-6H2,1-3H3. The van der Waals surface area contributed by atoms with Gasteiger partial charge < -0.3 is 20.1 Å². The normalized spacial score (nSPS) is 26.2. The number of likely N-dealkylation sites (tertiary alicyclic amines) is 12. The number of methoxy groups -OCH3 is 1. The number of hydrogen-bond acceptors (Lipinski definition) is 18. The predicted molar refractivity (Wildman–Crippen MR) is 566 cm³/mol. The quantitative estimate of drug-likeness (QED) is 0.227. The number of hydrogen-bond donors (Lipinski definition) is 3. The molecule has 0 aromatic heterocycles. The molecule has 0 radical (unpaired) electrons. The predicted octanol–water partition coefficient (Wildman–Crippen LogP) is 21.7. The fourth-order valence-corrected chi connectivity index (χ4v) is 18.1. The van der Waals surface area contributed by atoms with Gasteiger partial charge in [0.1, 0.15) is 17.1 Å². The second-order valence-corrected chi connectivity index (χ2v) is 55.4. The molecule has 0 bridgehead atoms. The summed E-state index contributed by atoms with van der Waals surface area (Å²) in [6, 6.07) is 0.412. The molecule has 5 atom stereocenters. The Bertz CT molecular complexity index is 3010. The minimum absolute atomic E-state index is 0.0945. The number of carbonyl (C=O) groups excluding carboxylic acids is 1. The Hall–Kier alpha value is -1.41. The maximum Gasteiger partial charge on any atom is 0.146 e. The highest BCUT2D eigenvalue weighted by molar-refractivity contribution is 5.81. The summed E-state index contributed by atoms with van der Waals surface area (Å²) in [7, 11) is 1.78. The molecule has 0 aromatic rings. The average molecular weight is 1860 g/mol. The second-order valence-electron chi connectivity index (χ2n) is 55.4. The summed E-state index contributed by atoms with van der Waals surface area (Å²) in [5.41, 5.74) is 1.60. The average Bonchev–Trinajstić information content (AvgIpc) is 1.59. The molecular formula is C111H229F2N13O5. The number of rotatable bonds is 2. The van der Waals surface area contributed by atoms with Crippen LogP contribution in [0.25, 0.3) is 0 Å². The minimum atomic E-state index is -0.951. The van der Waals surface area contributed by atoms with E-state index >= 15 is 0 Å². The third-order valence-electron chi connectivity index (χ3n) is 28.6. The monoisotopic (exact) mass is 1860 g/mol. The number of ether oxygens (including phenoxy) is 1. The van der Waals surface area contributed by atoms with Gasteiger partial charge in [-0.1, -0.05) is 32.9 Å². The number of alkyl halides is 2. The highest BCUT2D eigenvalue weighted by atomic mass is 19.1. The van der Waals surface area contributed by atoms with Gasteiger partial charge in [-0.2, -0.15) is 0 Å². The topological polar surface area (TPSA) is 129 Å². The molecule has 782 valence electrons. The zero-order valence-corrected chi connectivity index (χ0v) is 96.1. The van der Waals surface area contributed by atoms with Gasteiger partial charge in [0.15, 0.2) is 0 Å². The lowest BCUT2D eigenvalue weighted by Gasteiger charge is -2.51. The summed E-state index contributed by atoms with van der Waals surface area (Å²) in [4.78, 5) is 42.4. The fraction of sp³-hybridized carbons (Fsp3) is 0.973. The molecule has 13 heterocycles. The van der Waals surface area contributed by atoms with Crippen molar-refractivity contribution in [3.8, 4) is 0 Å². The van der Waals surface area contributed by atoms with Gasteiger partial charge in [0, 0.05) is 190 Å². The van der Waals surface area contributed by atoms with Crippen molar-refractivity contribution in [3.63, 3.8) is 0 Å². The number of halogens is 2. The van der Waals surface area contributed by atoms with Gasteiger partial charge >= 0.3 is 0 Å². The van der Waals surface area contributed by atoms with Crippen LogP contribution >= 0.6 is 0 Å². The van der Waals surface area contributed by atoms with Crippen LogP contribution in [-0.4, -0.2) is 369 Å². The van der Waals surface area contributed by atoms with Crippen molar-refractivity contribution in [2.24, 2.45) is 17.8 Å². The number of nitrogens with zero attached hydrogens (tertiary/aromatic N) is 13. The first-order valence-corrected chi connectivity index (χ1v) is 52.7. The van der Waals surface area contributed by atoms with E-state index in [-0.39, 0.29) is 39.3 Å². The Morgan fingerprint density at radius 2 is 0.656 bits per heavy atom. The van der Waals surface area contributed by atoms with Gasteiger partial charge in [-0.15, -0.1) is 0 Å². The minimum Gasteiger partial charge on any atom is -0.395 e. The van der Waals surface area contributed by atoms with Gasteiger partial charge in [0.2, 0.25) is 0 Å². The molecule has 12 fully saturated rings. The van der Waals surface area contributed by atoms with E-state index in [1.165, 1.54) is 104 Å². The van der Waals surface area contributed by atoms with Crippen LogP contribution in [0.2, 0.25) is 0 Å². The Balaban J connectivity index is 0.000000710. The lowest BCUT2D eigenvalue weighted by molar-refractivity contribution is -0.123. The van der Waals surface area contributed by atoms with E-state index in [9.17, 15) is 23.8 Å². The van der Waals surface area contributed by atoms with E-state index in [2.05, 4.69) is 367 Å². The zero-order valence-electron chi connectivity index (χ0n) is 96.1. The van der Waals surface area contributed by atoms with Crippen molar-refractivity contribution >= 4 is 5.78 Å². The molecular weight excluding hydrogens is 1630 g/mol. The molecule has 0 aliphatic carbocycles. The van der Waals surface area contributed by atoms with Crippen LogP contribution in [0.15, 0.2) is 12.2 Å². The molecule has 18 nitrogen and oxygen atoms in total. The summed E-state index contributed by atoms with van der Waals surface area (Å²) in [6.07, 6.45) is 20.2. The van der Waals surface area contributed by atoms with Gasteiger partial charge in [-0.05, 0) is 451 Å². The molecule has 13 rings (SSSR count). The SMILES string of the molecule is CC(C)(C)N1CC=CC1.CC(C)(C)N1CCC1.CC(C)(C)N1CCCC(=O)C1.CC(C)(C)N1CCCC(O)C1.CC(C)(C)N1CCCC1.CC(C)(C)N1CCCC1CO.CC1(F)CCN(C(C)(C)C)C1.CC1(F)CCN(C(C)(C)C)CC1.CC1(O)CN(C(C)(C)C)C1.CC1CCN(C(C)(C)C)C1.CC1CCN(C(C)(C)C)C1.CC1CN(C(C)(C)C)C1.COC1CN(C(C)(C)C)C1. The number of ketones is 1. The smallest absolute Gasteiger partial charge is 0.146 e. The van der Waals surface area contributed by atoms with Crippen molar-refractivity contribution in [1.82, 2.24) is 63.7 Å². The molecule has 0 spiro atoms. The molecule has 5 unspecified atom stereocenters. The second kappa shape index (κ2) is 53.6. The summed E-state index contributed by atoms with van der Waals surface area (Å²) in [6.45, 7) is 127. The van der Waals surface area contributed by atoms with Gasteiger partial charge in [-0.3, -0.25) is 68.5 Å². The number of aliphatic hydroxyl groups is 3. The maximum absolute atomic E-state index is 13.4. The van der Waals surface area contributed by atoms with Crippen LogP contribution < -0.4 is 0 Å². The van der Waals surface area contributed by atoms with Crippen LogP contribution in [0.3, 0.4) is 0 Å². The molecule has 0 aromatic carbocycles. The third kappa shape index (κ3) is 52.8. The fourth-order valence-electron chi connectivity index (χ4n) is 18.1. The Morgan fingerprint density at radius 3 is 0.878 bits per heavy atom. The highest BCUT2D eigenvalue weighted by Gasteiger charge is 2.43.